The summed E-state index contributed by atoms with van der Waals surface area (Å²) < 4.78 is 0. The number of hydrogen-bond donors (Lipinski definition) is 2. The lowest BCUT2D eigenvalue weighted by Crippen LogP contribution is -2.46. The third kappa shape index (κ3) is 3.67. The number of carbonyl (C=O) groups excluding carboxylic acids is 2. The van der Waals surface area contributed by atoms with Gasteiger partial charge in [-0.25, -0.2) is 5.43 Å². The van der Waals surface area contributed by atoms with Crippen molar-refractivity contribution in [2.75, 3.05) is 17.2 Å². The molecule has 2 N–H and O–H groups in total. The van der Waals surface area contributed by atoms with Gasteiger partial charge in [0.25, 0.3) is 0 Å². The molecule has 1 saturated heterocycles. The second-order valence-electron chi connectivity index (χ2n) is 7.09. The van der Waals surface area contributed by atoms with Crippen LogP contribution in [0, 0.1) is 0 Å². The van der Waals surface area contributed by atoms with Crippen molar-refractivity contribution >= 4 is 46.7 Å². The first-order valence-electron chi connectivity index (χ1n) is 9.77. The molecule has 0 bridgehead atoms. The molecule has 2 aliphatic heterocycles. The van der Waals surface area contributed by atoms with E-state index in [0.717, 1.165) is 21.2 Å². The quantitative estimate of drug-likeness (QED) is 0.619. The van der Waals surface area contributed by atoms with Crippen LogP contribution in [0.5, 0.6) is 5.75 Å². The molecule has 156 valence electrons. The van der Waals surface area contributed by atoms with Gasteiger partial charge in [-0.15, -0.1) is 11.8 Å². The summed E-state index contributed by atoms with van der Waals surface area (Å²) >= 11 is 3.05. The second-order valence-corrected chi connectivity index (χ2v) is 9.24. The van der Waals surface area contributed by atoms with Gasteiger partial charge < -0.3 is 5.11 Å². The van der Waals surface area contributed by atoms with Crippen LogP contribution in [0.4, 0.5) is 11.4 Å². The van der Waals surface area contributed by atoms with E-state index in [2.05, 4.69) is 5.43 Å². The molecule has 0 spiro atoms. The number of fused-ring (bicyclic) bond motifs is 2. The Morgan fingerprint density at radius 2 is 1.58 bits per heavy atom. The average Bonchev–Trinajstić information content (AvgIpc) is 3.16. The fourth-order valence-corrected chi connectivity index (χ4v) is 5.94. The van der Waals surface area contributed by atoms with Crippen molar-refractivity contribution in [3.63, 3.8) is 0 Å². The third-order valence-corrected chi connectivity index (χ3v) is 7.48. The van der Waals surface area contributed by atoms with Gasteiger partial charge in [0, 0.05) is 15.4 Å². The number of carbonyl (C=O) groups is 2. The predicted octanol–water partition coefficient (Wildman–Crippen LogP) is 4.30. The fourth-order valence-electron chi connectivity index (χ4n) is 3.73. The molecule has 2 heterocycles. The molecule has 3 aromatic rings. The van der Waals surface area contributed by atoms with Gasteiger partial charge in [-0.1, -0.05) is 54.2 Å². The van der Waals surface area contributed by atoms with E-state index >= 15 is 0 Å². The number of thioether (sulfide) groups is 1. The molecule has 1 fully saturated rings. The summed E-state index contributed by atoms with van der Waals surface area (Å²) in [7, 11) is 0. The molecule has 0 saturated carbocycles. The van der Waals surface area contributed by atoms with Crippen molar-refractivity contribution in [3.05, 3.63) is 78.4 Å². The number of anilines is 2. The number of amides is 2. The van der Waals surface area contributed by atoms with E-state index in [0.29, 0.717) is 5.56 Å². The number of phenolic OH excluding ortho intramolecular Hbond substituents is 1. The maximum absolute atomic E-state index is 13.4. The lowest BCUT2D eigenvalue weighted by Gasteiger charge is -2.32. The Hall–Kier alpha value is -2.94. The summed E-state index contributed by atoms with van der Waals surface area (Å²) in [4.78, 5) is 29.6. The van der Waals surface area contributed by atoms with E-state index in [1.54, 1.807) is 34.9 Å². The van der Waals surface area contributed by atoms with Crippen molar-refractivity contribution in [2.24, 2.45) is 0 Å². The molecular weight excluding hydrogens is 430 g/mol. The highest BCUT2D eigenvalue weighted by Gasteiger charge is 2.35. The minimum Gasteiger partial charge on any atom is -0.508 e. The molecule has 31 heavy (non-hydrogen) atoms. The minimum atomic E-state index is -0.391. The smallest absolute Gasteiger partial charge is 0.248 e. The average molecular weight is 450 g/mol. The Morgan fingerprint density at radius 3 is 2.26 bits per heavy atom. The summed E-state index contributed by atoms with van der Waals surface area (Å²) in [5.41, 5.74) is 5.32. The van der Waals surface area contributed by atoms with Crippen molar-refractivity contribution in [3.8, 4) is 5.75 Å². The van der Waals surface area contributed by atoms with Crippen molar-refractivity contribution < 1.29 is 14.7 Å². The van der Waals surface area contributed by atoms with E-state index in [4.69, 9.17) is 0 Å². The van der Waals surface area contributed by atoms with E-state index < -0.39 is 5.37 Å². The topological polar surface area (TPSA) is 72.9 Å². The number of phenols is 1. The van der Waals surface area contributed by atoms with Crippen LogP contribution < -0.4 is 10.3 Å². The molecular formula is C23H19N3O3S2. The number of nitrogens with zero attached hydrogens (tertiary/aromatic N) is 2. The van der Waals surface area contributed by atoms with Crippen molar-refractivity contribution in [1.29, 1.82) is 0 Å². The van der Waals surface area contributed by atoms with Crippen LogP contribution >= 0.6 is 23.5 Å². The number of rotatable bonds is 4. The lowest BCUT2D eigenvalue weighted by molar-refractivity contribution is -0.132. The lowest BCUT2D eigenvalue weighted by atomic mass is 10.2. The van der Waals surface area contributed by atoms with Gasteiger partial charge in [-0.3, -0.25) is 19.5 Å². The molecule has 0 aromatic heterocycles. The second kappa shape index (κ2) is 8.30. The van der Waals surface area contributed by atoms with Gasteiger partial charge in [0.15, 0.2) is 0 Å². The zero-order chi connectivity index (χ0) is 21.4. The molecule has 1 unspecified atom stereocenters. The SMILES string of the molecule is O=C(CNN1C(=O)CSC1c1ccccc1O)N1c2ccccc2Sc2ccccc21. The molecule has 0 radical (unpaired) electrons. The number of aromatic hydroxyl groups is 1. The normalized spacial score (nSPS) is 17.4. The first-order chi connectivity index (χ1) is 15.1. The van der Waals surface area contributed by atoms with Crippen LogP contribution in [0.3, 0.4) is 0 Å². The molecule has 8 heteroatoms. The Bertz CT molecular complexity index is 1120. The minimum absolute atomic E-state index is 0.0519. The Labute approximate surface area is 188 Å². The highest BCUT2D eigenvalue weighted by molar-refractivity contribution is 8.00. The fraction of sp³-hybridized carbons (Fsp3) is 0.130. The zero-order valence-electron chi connectivity index (χ0n) is 16.4. The molecule has 2 amide bonds. The molecule has 5 rings (SSSR count). The van der Waals surface area contributed by atoms with Gasteiger partial charge in [-0.2, -0.15) is 0 Å². The predicted molar refractivity (Wildman–Crippen MR) is 122 cm³/mol. The molecule has 2 aliphatic rings. The van der Waals surface area contributed by atoms with Gasteiger partial charge in [0.05, 0.1) is 23.7 Å². The highest BCUT2D eigenvalue weighted by atomic mass is 32.2. The van der Waals surface area contributed by atoms with Crippen molar-refractivity contribution in [1.82, 2.24) is 10.4 Å². The number of benzene rings is 3. The van der Waals surface area contributed by atoms with Crippen molar-refractivity contribution in [2.45, 2.75) is 15.2 Å². The Morgan fingerprint density at radius 1 is 0.968 bits per heavy atom. The monoisotopic (exact) mass is 449 g/mol. The van der Waals surface area contributed by atoms with E-state index in [-0.39, 0.29) is 29.9 Å². The Kier molecular flexibility index (Phi) is 5.35. The van der Waals surface area contributed by atoms with Crippen LogP contribution in [-0.4, -0.2) is 34.2 Å². The van der Waals surface area contributed by atoms with E-state index in [9.17, 15) is 14.7 Å². The summed E-state index contributed by atoms with van der Waals surface area (Å²) in [6, 6.07) is 22.5. The van der Waals surface area contributed by atoms with Crippen LogP contribution in [0.2, 0.25) is 0 Å². The molecule has 1 atom stereocenters. The largest absolute Gasteiger partial charge is 0.508 e. The molecule has 0 aliphatic carbocycles. The summed E-state index contributed by atoms with van der Waals surface area (Å²) in [6.45, 7) is -0.0519. The van der Waals surface area contributed by atoms with Gasteiger partial charge in [0.1, 0.15) is 11.1 Å². The summed E-state index contributed by atoms with van der Waals surface area (Å²) in [6.07, 6.45) is 0. The summed E-state index contributed by atoms with van der Waals surface area (Å²) in [5.74, 6) is 0.123. The summed E-state index contributed by atoms with van der Waals surface area (Å²) in [5, 5.41) is 11.3. The van der Waals surface area contributed by atoms with E-state index in [1.807, 2.05) is 54.6 Å². The van der Waals surface area contributed by atoms with E-state index in [1.165, 1.54) is 16.8 Å². The molecule has 6 nitrogen and oxygen atoms in total. The Balaban J connectivity index is 1.40. The number of nitrogens with one attached hydrogen (secondary N) is 1. The van der Waals surface area contributed by atoms with Crippen LogP contribution in [0.25, 0.3) is 0 Å². The van der Waals surface area contributed by atoms with Crippen LogP contribution in [0.1, 0.15) is 10.9 Å². The molecule has 3 aromatic carbocycles. The van der Waals surface area contributed by atoms with Gasteiger partial charge in [0.2, 0.25) is 11.8 Å². The highest BCUT2D eigenvalue weighted by Crippen LogP contribution is 2.48. The maximum atomic E-state index is 13.4. The first kappa shape index (κ1) is 20.0. The van der Waals surface area contributed by atoms with Gasteiger partial charge in [-0.05, 0) is 30.3 Å². The van der Waals surface area contributed by atoms with Crippen LogP contribution in [-0.2, 0) is 9.59 Å². The van der Waals surface area contributed by atoms with Crippen LogP contribution in [0.15, 0.2) is 82.6 Å². The maximum Gasteiger partial charge on any atom is 0.248 e. The van der Waals surface area contributed by atoms with Gasteiger partial charge >= 0.3 is 0 Å². The number of para-hydroxylation sites is 3. The number of hydrazine groups is 1. The first-order valence-corrected chi connectivity index (χ1v) is 11.6. The number of hydrogen-bond acceptors (Lipinski definition) is 6. The standard InChI is InChI=1S/C23H19N3O3S2/c27-18-10-4-1-7-15(18)23-26(22(29)14-30-23)24-13-21(28)25-16-8-2-5-11-19(16)31-20-12-6-3-9-17(20)25/h1-12,23-24,27H,13-14H2. The zero-order valence-corrected chi connectivity index (χ0v) is 18.0. The third-order valence-electron chi connectivity index (χ3n) is 5.15.